The van der Waals surface area contributed by atoms with E-state index in [1.807, 2.05) is 39.9 Å². The lowest BCUT2D eigenvalue weighted by molar-refractivity contribution is -0.144. The van der Waals surface area contributed by atoms with Crippen molar-refractivity contribution in [3.05, 3.63) is 39.9 Å². The summed E-state index contributed by atoms with van der Waals surface area (Å²) in [5, 5.41) is 19.8. The Labute approximate surface area is 201 Å². The maximum absolute atomic E-state index is 13.7. The molecule has 174 valence electrons. The fraction of sp³-hybridized carbons (Fsp3) is 0.522. The van der Waals surface area contributed by atoms with Crippen molar-refractivity contribution in [3.8, 4) is 10.7 Å². The third kappa shape index (κ3) is 5.01. The van der Waals surface area contributed by atoms with E-state index in [1.54, 1.807) is 0 Å². The first kappa shape index (κ1) is 22.2. The second-order valence-electron chi connectivity index (χ2n) is 8.77. The molecule has 3 aromatic rings. The van der Waals surface area contributed by atoms with Crippen molar-refractivity contribution >= 4 is 34.5 Å². The van der Waals surface area contributed by atoms with E-state index >= 15 is 0 Å². The van der Waals surface area contributed by atoms with Crippen LogP contribution < -0.4 is 5.32 Å². The zero-order valence-electron chi connectivity index (χ0n) is 18.4. The number of hydrogen-bond donors (Lipinski definition) is 1. The summed E-state index contributed by atoms with van der Waals surface area (Å²) in [7, 11) is 0. The Kier molecular flexibility index (Phi) is 6.82. The summed E-state index contributed by atoms with van der Waals surface area (Å²) in [5.41, 5.74) is 0. The SMILES string of the molecule is O=C(NC1CCCC1)C(c1cccs1)N(C(=O)Cn1nnc(-c2cccs2)n1)C1CCCC1. The van der Waals surface area contributed by atoms with E-state index in [4.69, 9.17) is 0 Å². The summed E-state index contributed by atoms with van der Waals surface area (Å²) in [6, 6.07) is 7.38. The summed E-state index contributed by atoms with van der Waals surface area (Å²) in [4.78, 5) is 32.2. The molecule has 1 atom stereocenters. The molecule has 1 N–H and O–H groups in total. The van der Waals surface area contributed by atoms with Crippen LogP contribution in [0.3, 0.4) is 0 Å². The van der Waals surface area contributed by atoms with Crippen molar-refractivity contribution in [2.75, 3.05) is 0 Å². The fourth-order valence-electron chi connectivity index (χ4n) is 4.95. The summed E-state index contributed by atoms with van der Waals surface area (Å²) in [5.74, 6) is 0.298. The molecule has 3 aromatic heterocycles. The molecule has 0 radical (unpaired) electrons. The van der Waals surface area contributed by atoms with Gasteiger partial charge in [0.2, 0.25) is 17.6 Å². The molecule has 2 amide bonds. The third-order valence-electron chi connectivity index (χ3n) is 6.52. The Morgan fingerprint density at radius 1 is 1.06 bits per heavy atom. The fourth-order valence-corrected chi connectivity index (χ4v) is 6.42. The number of carbonyl (C=O) groups excluding carboxylic acids is 2. The van der Waals surface area contributed by atoms with Crippen LogP contribution in [0.25, 0.3) is 10.7 Å². The van der Waals surface area contributed by atoms with Crippen molar-refractivity contribution in [1.29, 1.82) is 0 Å². The Morgan fingerprint density at radius 2 is 1.79 bits per heavy atom. The van der Waals surface area contributed by atoms with E-state index in [-0.39, 0.29) is 30.4 Å². The third-order valence-corrected chi connectivity index (χ3v) is 8.31. The molecule has 10 heteroatoms. The van der Waals surface area contributed by atoms with Crippen LogP contribution in [-0.4, -0.2) is 49.0 Å². The van der Waals surface area contributed by atoms with E-state index in [0.717, 1.165) is 61.1 Å². The molecule has 33 heavy (non-hydrogen) atoms. The molecule has 1 unspecified atom stereocenters. The molecule has 8 nitrogen and oxygen atoms in total. The van der Waals surface area contributed by atoms with Crippen molar-refractivity contribution in [1.82, 2.24) is 30.4 Å². The van der Waals surface area contributed by atoms with Gasteiger partial charge in [-0.2, -0.15) is 4.80 Å². The zero-order chi connectivity index (χ0) is 22.6. The van der Waals surface area contributed by atoms with Crippen molar-refractivity contribution in [2.24, 2.45) is 0 Å². The number of rotatable bonds is 8. The van der Waals surface area contributed by atoms with Crippen LogP contribution in [0.1, 0.15) is 62.3 Å². The normalized spacial score (nSPS) is 17.9. The Balaban J connectivity index is 1.41. The van der Waals surface area contributed by atoms with Gasteiger partial charge >= 0.3 is 0 Å². The van der Waals surface area contributed by atoms with Crippen LogP contribution in [-0.2, 0) is 16.1 Å². The number of nitrogens with one attached hydrogen (secondary N) is 1. The van der Waals surface area contributed by atoms with Crippen molar-refractivity contribution in [2.45, 2.75) is 76.0 Å². The molecule has 0 spiro atoms. The van der Waals surface area contributed by atoms with Gasteiger partial charge in [0.05, 0.1) is 4.88 Å². The van der Waals surface area contributed by atoms with Crippen molar-refractivity contribution in [3.63, 3.8) is 0 Å². The minimum Gasteiger partial charge on any atom is -0.351 e. The second kappa shape index (κ2) is 10.1. The largest absolute Gasteiger partial charge is 0.351 e. The highest BCUT2D eigenvalue weighted by Gasteiger charge is 2.39. The van der Waals surface area contributed by atoms with Crippen molar-refractivity contribution < 1.29 is 9.59 Å². The first-order valence-corrected chi connectivity index (χ1v) is 13.4. The number of nitrogens with zero attached hydrogens (tertiary/aromatic N) is 5. The quantitative estimate of drug-likeness (QED) is 0.521. The highest BCUT2D eigenvalue weighted by Crippen LogP contribution is 2.34. The van der Waals surface area contributed by atoms with E-state index in [9.17, 15) is 9.59 Å². The lowest BCUT2D eigenvalue weighted by Crippen LogP contribution is -2.50. The molecule has 0 bridgehead atoms. The van der Waals surface area contributed by atoms with Crippen LogP contribution in [0, 0.1) is 0 Å². The smallest absolute Gasteiger partial charge is 0.248 e. The van der Waals surface area contributed by atoms with Gasteiger partial charge in [0, 0.05) is 17.0 Å². The predicted molar refractivity (Wildman–Crippen MR) is 128 cm³/mol. The molecule has 2 aliphatic rings. The van der Waals surface area contributed by atoms with E-state index in [0.29, 0.717) is 5.82 Å². The first-order chi connectivity index (χ1) is 16.2. The number of amides is 2. The Bertz CT molecular complexity index is 1050. The second-order valence-corrected chi connectivity index (χ2v) is 10.7. The van der Waals surface area contributed by atoms with E-state index in [2.05, 4.69) is 20.7 Å². The molecular weight excluding hydrogens is 456 g/mol. The molecule has 0 saturated heterocycles. The first-order valence-electron chi connectivity index (χ1n) is 11.7. The zero-order valence-corrected chi connectivity index (χ0v) is 20.1. The summed E-state index contributed by atoms with van der Waals surface area (Å²) < 4.78 is 0. The minimum atomic E-state index is -0.624. The lowest BCUT2D eigenvalue weighted by Gasteiger charge is -2.35. The summed E-state index contributed by atoms with van der Waals surface area (Å²) >= 11 is 3.06. The molecule has 2 fully saturated rings. The van der Waals surface area contributed by atoms with Gasteiger partial charge < -0.3 is 10.2 Å². The van der Waals surface area contributed by atoms with Gasteiger partial charge in [-0.1, -0.05) is 37.8 Å². The molecule has 2 saturated carbocycles. The lowest BCUT2D eigenvalue weighted by atomic mass is 10.1. The highest BCUT2D eigenvalue weighted by molar-refractivity contribution is 7.13. The molecule has 3 heterocycles. The average Bonchev–Trinajstić information content (AvgIpc) is 3.61. The number of aromatic nitrogens is 4. The minimum absolute atomic E-state index is 0.0343. The molecule has 5 rings (SSSR count). The van der Waals surface area contributed by atoms with Crippen LogP contribution in [0.15, 0.2) is 35.0 Å². The molecule has 2 aliphatic carbocycles. The van der Waals surface area contributed by atoms with Gasteiger partial charge in [-0.25, -0.2) is 0 Å². The standard InChI is InChI=1S/C23H28N6O2S2/c30-20(15-28-26-22(25-27-28)19-12-6-14-33-19)29(17-9-3-4-10-17)21(18-11-5-13-32-18)23(31)24-16-7-1-2-8-16/h5-6,11-14,16-17,21H,1-4,7-10,15H2,(H,24,31). The number of tetrazole rings is 1. The van der Waals surface area contributed by atoms with Gasteiger partial charge in [-0.05, 0) is 53.8 Å². The average molecular weight is 485 g/mol. The summed E-state index contributed by atoms with van der Waals surface area (Å²) in [6.45, 7) is -0.0343. The van der Waals surface area contributed by atoms with E-state index in [1.165, 1.54) is 27.5 Å². The van der Waals surface area contributed by atoms with Crippen LogP contribution in [0.5, 0.6) is 0 Å². The van der Waals surface area contributed by atoms with E-state index < -0.39 is 6.04 Å². The highest BCUT2D eigenvalue weighted by atomic mass is 32.1. The van der Waals surface area contributed by atoms with Crippen LogP contribution in [0.4, 0.5) is 0 Å². The van der Waals surface area contributed by atoms with Crippen LogP contribution >= 0.6 is 22.7 Å². The van der Waals surface area contributed by atoms with Gasteiger partial charge in [-0.15, -0.1) is 32.9 Å². The van der Waals surface area contributed by atoms with Gasteiger partial charge in [0.15, 0.2) is 0 Å². The number of hydrogen-bond acceptors (Lipinski definition) is 7. The van der Waals surface area contributed by atoms with Crippen LogP contribution in [0.2, 0.25) is 0 Å². The maximum atomic E-state index is 13.7. The topological polar surface area (TPSA) is 93.0 Å². The molecular formula is C23H28N6O2S2. The monoisotopic (exact) mass is 484 g/mol. The Hall–Kier alpha value is -2.59. The predicted octanol–water partition coefficient (Wildman–Crippen LogP) is 4.03. The summed E-state index contributed by atoms with van der Waals surface area (Å²) in [6.07, 6.45) is 8.27. The van der Waals surface area contributed by atoms with Gasteiger partial charge in [0.25, 0.3) is 0 Å². The molecule has 0 aromatic carbocycles. The Morgan fingerprint density at radius 3 is 2.48 bits per heavy atom. The maximum Gasteiger partial charge on any atom is 0.248 e. The van der Waals surface area contributed by atoms with Gasteiger partial charge in [-0.3, -0.25) is 9.59 Å². The van der Waals surface area contributed by atoms with Gasteiger partial charge in [0.1, 0.15) is 12.6 Å². The number of carbonyl (C=O) groups is 2. The molecule has 0 aliphatic heterocycles. The number of thiophene rings is 2.